The number of carbonyl (C=O) groups is 2. The van der Waals surface area contributed by atoms with Crippen molar-refractivity contribution in [2.45, 2.75) is 83.8 Å². The molecule has 1 saturated carbocycles. The van der Waals surface area contributed by atoms with E-state index < -0.39 is 5.60 Å². The average Bonchev–Trinajstić information content (AvgIpc) is 3.84. The molecule has 1 amide bonds. The van der Waals surface area contributed by atoms with Crippen LogP contribution in [0.4, 0.5) is 4.79 Å². The van der Waals surface area contributed by atoms with Crippen LogP contribution in [0.5, 0.6) is 28.7 Å². The lowest BCUT2D eigenvalue weighted by atomic mass is 9.90. The molecule has 2 fully saturated rings. The van der Waals surface area contributed by atoms with Crippen LogP contribution in [0.2, 0.25) is 5.02 Å². The van der Waals surface area contributed by atoms with E-state index in [9.17, 15) is 9.59 Å². The van der Waals surface area contributed by atoms with Crippen LogP contribution in [-0.4, -0.2) is 72.4 Å². The van der Waals surface area contributed by atoms with Crippen LogP contribution in [0, 0.1) is 5.92 Å². The van der Waals surface area contributed by atoms with Gasteiger partial charge in [0.1, 0.15) is 36.1 Å². The molecule has 3 heterocycles. The van der Waals surface area contributed by atoms with Gasteiger partial charge in [-0.05, 0) is 89.5 Å². The SMILES string of the molecule is CC1(NC(=O)OC(C)(C)C)CCN(CCCOc2cc3nccc(Oc4ccc(CC(=O)CC5CC5)c(Cl)c4)c3c3c2OCCO3)CC1. The van der Waals surface area contributed by atoms with Crippen molar-refractivity contribution in [2.75, 3.05) is 39.5 Å². The van der Waals surface area contributed by atoms with Gasteiger partial charge in [0.05, 0.1) is 17.5 Å². The van der Waals surface area contributed by atoms with E-state index in [4.69, 9.17) is 35.3 Å². The molecule has 0 bridgehead atoms. The summed E-state index contributed by atoms with van der Waals surface area (Å²) in [6, 6.07) is 9.09. The Balaban J connectivity index is 1.07. The molecule has 1 saturated heterocycles. The summed E-state index contributed by atoms with van der Waals surface area (Å²) < 4.78 is 30.2. The van der Waals surface area contributed by atoms with Crippen LogP contribution in [0.25, 0.3) is 10.9 Å². The molecule has 0 atom stereocenters. The molecule has 48 heavy (non-hydrogen) atoms. The molecule has 1 aromatic heterocycles. The molecule has 1 aliphatic carbocycles. The smallest absolute Gasteiger partial charge is 0.408 e. The van der Waals surface area contributed by atoms with E-state index in [-0.39, 0.29) is 17.4 Å². The fraction of sp³-hybridized carbons (Fsp3) is 0.541. The van der Waals surface area contributed by atoms with E-state index in [0.717, 1.165) is 57.3 Å². The van der Waals surface area contributed by atoms with Gasteiger partial charge in [-0.15, -0.1) is 0 Å². The Kier molecular flexibility index (Phi) is 10.2. The average molecular weight is 680 g/mol. The Hall–Kier alpha value is -3.76. The molecule has 10 nitrogen and oxygen atoms in total. The molecule has 3 aliphatic rings. The quantitative estimate of drug-likeness (QED) is 0.195. The van der Waals surface area contributed by atoms with Crippen molar-refractivity contribution >= 4 is 34.4 Å². The third-order valence-electron chi connectivity index (χ3n) is 8.93. The van der Waals surface area contributed by atoms with Crippen molar-refractivity contribution in [1.82, 2.24) is 15.2 Å². The molecular weight excluding hydrogens is 634 g/mol. The number of alkyl carbamates (subject to hydrolysis) is 1. The summed E-state index contributed by atoms with van der Waals surface area (Å²) in [7, 11) is 0. The summed E-state index contributed by atoms with van der Waals surface area (Å²) in [6.45, 7) is 11.6. The molecule has 258 valence electrons. The molecule has 0 spiro atoms. The maximum Gasteiger partial charge on any atom is 0.408 e. The first-order valence-electron chi connectivity index (χ1n) is 17.0. The number of fused-ring (bicyclic) bond motifs is 3. The molecule has 6 rings (SSSR count). The first-order chi connectivity index (χ1) is 22.9. The monoisotopic (exact) mass is 679 g/mol. The third-order valence-corrected chi connectivity index (χ3v) is 9.29. The van der Waals surface area contributed by atoms with E-state index in [2.05, 4.69) is 22.1 Å². The number of ether oxygens (including phenoxy) is 5. The number of benzene rings is 2. The lowest BCUT2D eigenvalue weighted by Crippen LogP contribution is -2.54. The van der Waals surface area contributed by atoms with Crippen LogP contribution < -0.4 is 24.3 Å². The number of amides is 1. The zero-order chi connectivity index (χ0) is 33.9. The Bertz CT molecular complexity index is 1640. The number of nitrogens with zero attached hydrogens (tertiary/aromatic N) is 2. The van der Waals surface area contributed by atoms with Gasteiger partial charge < -0.3 is 33.9 Å². The zero-order valence-corrected chi connectivity index (χ0v) is 29.1. The lowest BCUT2D eigenvalue weighted by Gasteiger charge is -2.40. The number of likely N-dealkylation sites (tertiary alicyclic amines) is 1. The maximum atomic E-state index is 12.4. The predicted octanol–water partition coefficient (Wildman–Crippen LogP) is 7.51. The highest BCUT2D eigenvalue weighted by atomic mass is 35.5. The molecule has 3 aromatic rings. The number of hydrogen-bond acceptors (Lipinski definition) is 9. The number of Topliss-reactive ketones (excluding diaryl/α,β-unsaturated/α-hetero) is 1. The summed E-state index contributed by atoms with van der Waals surface area (Å²) >= 11 is 6.58. The molecule has 0 radical (unpaired) electrons. The van der Waals surface area contributed by atoms with Crippen LogP contribution in [0.15, 0.2) is 36.5 Å². The minimum absolute atomic E-state index is 0.221. The highest BCUT2D eigenvalue weighted by Crippen LogP contribution is 2.48. The summed E-state index contributed by atoms with van der Waals surface area (Å²) in [5.41, 5.74) is 0.666. The van der Waals surface area contributed by atoms with Crippen LogP contribution >= 0.6 is 11.6 Å². The predicted molar refractivity (Wildman–Crippen MR) is 184 cm³/mol. The normalized spacial score (nSPS) is 17.5. The fourth-order valence-electron chi connectivity index (χ4n) is 6.17. The largest absolute Gasteiger partial charge is 0.489 e. The van der Waals surface area contributed by atoms with Crippen molar-refractivity contribution in [1.29, 1.82) is 0 Å². The Morgan fingerprint density at radius 2 is 1.81 bits per heavy atom. The number of carbonyl (C=O) groups excluding carboxylic acids is 2. The van der Waals surface area contributed by atoms with E-state index in [1.54, 1.807) is 18.3 Å². The van der Waals surface area contributed by atoms with Gasteiger partial charge in [0.2, 0.25) is 5.75 Å². The van der Waals surface area contributed by atoms with Gasteiger partial charge in [0.15, 0.2) is 11.5 Å². The van der Waals surface area contributed by atoms with Gasteiger partial charge in [-0.3, -0.25) is 9.78 Å². The summed E-state index contributed by atoms with van der Waals surface area (Å²) in [5, 5.41) is 4.26. The number of halogens is 1. The first kappa shape index (κ1) is 34.1. The van der Waals surface area contributed by atoms with Crippen LogP contribution in [0.3, 0.4) is 0 Å². The van der Waals surface area contributed by atoms with E-state index in [1.807, 2.05) is 39.0 Å². The van der Waals surface area contributed by atoms with Gasteiger partial charge in [-0.25, -0.2) is 4.79 Å². The minimum atomic E-state index is -0.519. The minimum Gasteiger partial charge on any atom is -0.489 e. The first-order valence-corrected chi connectivity index (χ1v) is 17.4. The van der Waals surface area contributed by atoms with Crippen LogP contribution in [0.1, 0.15) is 71.8 Å². The zero-order valence-electron chi connectivity index (χ0n) is 28.4. The van der Waals surface area contributed by atoms with Gasteiger partial charge in [0, 0.05) is 55.3 Å². The third kappa shape index (κ3) is 8.82. The molecule has 11 heteroatoms. The summed E-state index contributed by atoms with van der Waals surface area (Å²) in [5.74, 6) is 3.54. The second-order valence-corrected chi connectivity index (χ2v) is 14.8. The van der Waals surface area contributed by atoms with Crippen molar-refractivity contribution in [2.24, 2.45) is 5.92 Å². The molecular formula is C37H46ClN3O7. The lowest BCUT2D eigenvalue weighted by molar-refractivity contribution is -0.118. The highest BCUT2D eigenvalue weighted by Gasteiger charge is 2.33. The van der Waals surface area contributed by atoms with Crippen molar-refractivity contribution in [3.05, 3.63) is 47.1 Å². The van der Waals surface area contributed by atoms with E-state index in [1.165, 1.54) is 0 Å². The highest BCUT2D eigenvalue weighted by molar-refractivity contribution is 6.31. The van der Waals surface area contributed by atoms with Crippen molar-refractivity contribution in [3.8, 4) is 28.7 Å². The number of aromatic nitrogens is 1. The number of ketones is 1. The maximum absolute atomic E-state index is 12.4. The summed E-state index contributed by atoms with van der Waals surface area (Å²) in [6.07, 6.45) is 7.11. The van der Waals surface area contributed by atoms with Gasteiger partial charge in [0.25, 0.3) is 0 Å². The second kappa shape index (κ2) is 14.4. The molecule has 1 N–H and O–H groups in total. The molecule has 2 aliphatic heterocycles. The van der Waals surface area contributed by atoms with Gasteiger partial charge >= 0.3 is 6.09 Å². The summed E-state index contributed by atoms with van der Waals surface area (Å²) in [4.78, 5) is 31.7. The van der Waals surface area contributed by atoms with Crippen LogP contribution in [-0.2, 0) is 16.0 Å². The molecule has 0 unspecified atom stereocenters. The van der Waals surface area contributed by atoms with E-state index in [0.29, 0.717) is 83.3 Å². The van der Waals surface area contributed by atoms with E-state index >= 15 is 0 Å². The van der Waals surface area contributed by atoms with Crippen molar-refractivity contribution in [3.63, 3.8) is 0 Å². The molecule has 2 aromatic carbocycles. The number of hydrogen-bond donors (Lipinski definition) is 1. The number of pyridine rings is 1. The number of nitrogens with one attached hydrogen (secondary N) is 1. The van der Waals surface area contributed by atoms with Gasteiger partial charge in [-0.1, -0.05) is 17.7 Å². The number of piperidine rings is 1. The van der Waals surface area contributed by atoms with Gasteiger partial charge in [-0.2, -0.15) is 0 Å². The number of rotatable bonds is 12. The topological polar surface area (TPSA) is 108 Å². The second-order valence-electron chi connectivity index (χ2n) is 14.4. The van der Waals surface area contributed by atoms with Crippen molar-refractivity contribution < 1.29 is 33.3 Å². The Morgan fingerprint density at radius 1 is 1.06 bits per heavy atom. The Labute approximate surface area is 287 Å². The fourth-order valence-corrected chi connectivity index (χ4v) is 6.41. The standard InChI is InChI=1S/C37H46ClN3O7/c1-36(2,3)48-35(43)40-37(4)11-15-41(16-12-37)14-5-17-44-31-23-29-32(34-33(31)45-18-19-46-34)30(10-13-39-29)47-27-9-8-25(28(38)22-27)21-26(42)20-24-6-7-24/h8-10,13,22-24H,5-7,11-12,14-21H2,1-4H3,(H,40,43). The Morgan fingerprint density at radius 3 is 2.52 bits per heavy atom.